The molecule has 0 bridgehead atoms. The van der Waals surface area contributed by atoms with E-state index < -0.39 is 0 Å². The summed E-state index contributed by atoms with van der Waals surface area (Å²) < 4.78 is 0. The highest BCUT2D eigenvalue weighted by Gasteiger charge is 2.06. The van der Waals surface area contributed by atoms with Gasteiger partial charge in [0, 0.05) is 21.2 Å². The van der Waals surface area contributed by atoms with Gasteiger partial charge in [-0.1, -0.05) is 83.3 Å². The van der Waals surface area contributed by atoms with Crippen LogP contribution in [0.5, 0.6) is 0 Å². The van der Waals surface area contributed by atoms with Crippen LogP contribution in [0, 0.1) is 0 Å². The molecule has 0 N–H and O–H groups in total. The Balaban J connectivity index is 0.000000166. The fourth-order valence-electron chi connectivity index (χ4n) is 3.15. The molecule has 0 amide bonds. The highest BCUT2D eigenvalue weighted by atomic mass is 35.5. The maximum atomic E-state index is 6.33. The fraction of sp³-hybridized carbons (Fsp3) is 0.0400. The van der Waals surface area contributed by atoms with Crippen LogP contribution in [-0.4, -0.2) is 16.2 Å². The molecule has 0 aliphatic carbocycles. The van der Waals surface area contributed by atoms with Crippen molar-refractivity contribution in [1.82, 2.24) is 9.97 Å². The molecule has 0 aliphatic heterocycles. The Bertz CT molecular complexity index is 1350. The van der Waals surface area contributed by atoms with Crippen LogP contribution >= 0.6 is 46.6 Å². The molecule has 5 rings (SSSR count). The lowest BCUT2D eigenvalue weighted by atomic mass is 10.1. The van der Waals surface area contributed by atoms with E-state index in [1.165, 1.54) is 4.90 Å². The van der Waals surface area contributed by atoms with Crippen LogP contribution in [0.25, 0.3) is 33.1 Å². The summed E-state index contributed by atoms with van der Waals surface area (Å²) in [6.07, 6.45) is 2.07. The van der Waals surface area contributed by atoms with E-state index >= 15 is 0 Å². The van der Waals surface area contributed by atoms with Gasteiger partial charge in [-0.15, -0.1) is 11.8 Å². The van der Waals surface area contributed by atoms with Crippen molar-refractivity contribution in [1.29, 1.82) is 0 Å². The molecule has 0 saturated carbocycles. The minimum atomic E-state index is 0.429. The molecular formula is C25H17Cl3N2S. The zero-order chi connectivity index (χ0) is 21.8. The lowest BCUT2D eigenvalue weighted by Gasteiger charge is -2.06. The van der Waals surface area contributed by atoms with E-state index in [0.717, 1.165) is 38.1 Å². The largest absolute Gasteiger partial charge is 0.248 e. The molecule has 154 valence electrons. The maximum absolute atomic E-state index is 6.33. The van der Waals surface area contributed by atoms with Crippen molar-refractivity contribution in [3.8, 4) is 11.3 Å². The first-order chi connectivity index (χ1) is 15.0. The van der Waals surface area contributed by atoms with Crippen molar-refractivity contribution in [3.63, 3.8) is 0 Å². The molecule has 0 fully saturated rings. The zero-order valence-corrected chi connectivity index (χ0v) is 19.6. The summed E-state index contributed by atoms with van der Waals surface area (Å²) in [5.41, 5.74) is 3.76. The third-order valence-electron chi connectivity index (χ3n) is 4.69. The second-order valence-electron chi connectivity index (χ2n) is 6.68. The van der Waals surface area contributed by atoms with E-state index in [1.807, 2.05) is 54.6 Å². The number of halogens is 3. The van der Waals surface area contributed by atoms with Crippen LogP contribution in [-0.2, 0) is 0 Å². The van der Waals surface area contributed by atoms with Gasteiger partial charge in [-0.05, 0) is 42.7 Å². The highest BCUT2D eigenvalue weighted by Crippen LogP contribution is 2.29. The quantitative estimate of drug-likeness (QED) is 0.185. The number of pyridine rings is 2. The number of benzene rings is 3. The molecule has 0 spiro atoms. The average molecular weight is 484 g/mol. The monoisotopic (exact) mass is 482 g/mol. The molecule has 2 nitrogen and oxygen atoms in total. The Morgan fingerprint density at radius 2 is 1.19 bits per heavy atom. The van der Waals surface area contributed by atoms with Crippen molar-refractivity contribution < 1.29 is 0 Å². The number of nitrogens with zero attached hydrogens (tertiary/aromatic N) is 2. The number of hydrogen-bond acceptors (Lipinski definition) is 3. The second-order valence-corrected chi connectivity index (χ2v) is 8.76. The van der Waals surface area contributed by atoms with Crippen LogP contribution in [0.4, 0.5) is 0 Å². The van der Waals surface area contributed by atoms with Gasteiger partial charge in [0.25, 0.3) is 0 Å². The summed E-state index contributed by atoms with van der Waals surface area (Å²) in [7, 11) is 0. The lowest BCUT2D eigenvalue weighted by molar-refractivity contribution is 1.38. The summed E-state index contributed by atoms with van der Waals surface area (Å²) in [5, 5.41) is 3.75. The van der Waals surface area contributed by atoms with E-state index in [4.69, 9.17) is 34.8 Å². The standard InChI is InChI=1S/C16H12ClNS.C9H5Cl2N/c1-19-12-8-6-11(7-9-12)16-10-14(17)13-4-2-3-5-15(13)18-16;10-7-5-9(11)12-8-4-2-1-3-6(7)8/h2-10H,1H3;1-5H. The van der Waals surface area contributed by atoms with Crippen LogP contribution in [0.1, 0.15) is 0 Å². The number of hydrogen-bond donors (Lipinski definition) is 0. The van der Waals surface area contributed by atoms with Crippen molar-refractivity contribution >= 4 is 68.4 Å². The van der Waals surface area contributed by atoms with Crippen LogP contribution in [0.15, 0.2) is 89.8 Å². The number of rotatable bonds is 2. The Morgan fingerprint density at radius 1 is 0.645 bits per heavy atom. The predicted molar refractivity (Wildman–Crippen MR) is 136 cm³/mol. The van der Waals surface area contributed by atoms with Gasteiger partial charge < -0.3 is 0 Å². The van der Waals surface area contributed by atoms with Gasteiger partial charge in [0.05, 0.1) is 26.8 Å². The minimum Gasteiger partial charge on any atom is -0.248 e. The molecule has 0 saturated heterocycles. The van der Waals surface area contributed by atoms with Crippen molar-refractivity contribution in [2.45, 2.75) is 4.90 Å². The molecule has 2 aromatic heterocycles. The number of para-hydroxylation sites is 2. The van der Waals surface area contributed by atoms with E-state index in [2.05, 4.69) is 40.5 Å². The first kappa shape index (κ1) is 21.9. The number of aromatic nitrogens is 2. The second kappa shape index (κ2) is 9.88. The Morgan fingerprint density at radius 3 is 1.81 bits per heavy atom. The van der Waals surface area contributed by atoms with Crippen molar-refractivity contribution in [2.75, 3.05) is 6.26 Å². The normalized spacial score (nSPS) is 10.7. The maximum Gasteiger partial charge on any atom is 0.131 e. The van der Waals surface area contributed by atoms with Crippen LogP contribution < -0.4 is 0 Å². The van der Waals surface area contributed by atoms with Gasteiger partial charge in [0.2, 0.25) is 0 Å². The Kier molecular flexibility index (Phi) is 6.99. The predicted octanol–water partition coefficient (Wildman–Crippen LogP) is 8.82. The summed E-state index contributed by atoms with van der Waals surface area (Å²) in [5.74, 6) is 0. The zero-order valence-electron chi connectivity index (χ0n) is 16.5. The molecule has 31 heavy (non-hydrogen) atoms. The van der Waals surface area contributed by atoms with Crippen molar-refractivity contribution in [3.05, 3.63) is 100 Å². The van der Waals surface area contributed by atoms with E-state index in [9.17, 15) is 0 Å². The molecular weight excluding hydrogens is 467 g/mol. The van der Waals surface area contributed by atoms with Gasteiger partial charge in [-0.2, -0.15) is 0 Å². The van der Waals surface area contributed by atoms with E-state index in [0.29, 0.717) is 10.2 Å². The Hall–Kier alpha value is -2.30. The smallest absolute Gasteiger partial charge is 0.131 e. The summed E-state index contributed by atoms with van der Waals surface area (Å²) in [6, 6.07) is 27.5. The molecule has 3 aromatic carbocycles. The van der Waals surface area contributed by atoms with Gasteiger partial charge >= 0.3 is 0 Å². The molecule has 0 aliphatic rings. The molecule has 5 aromatic rings. The van der Waals surface area contributed by atoms with Gasteiger partial charge in [0.1, 0.15) is 5.15 Å². The average Bonchev–Trinajstić information content (AvgIpc) is 2.79. The van der Waals surface area contributed by atoms with E-state index in [1.54, 1.807) is 17.8 Å². The fourth-order valence-corrected chi connectivity index (χ4v) is 4.34. The SMILES string of the molecule is CSc1ccc(-c2cc(Cl)c3ccccc3n2)cc1.Clc1cc(Cl)c2ccccc2n1. The van der Waals surface area contributed by atoms with Crippen LogP contribution in [0.3, 0.4) is 0 Å². The minimum absolute atomic E-state index is 0.429. The van der Waals surface area contributed by atoms with Crippen LogP contribution in [0.2, 0.25) is 15.2 Å². The Labute approximate surface area is 200 Å². The molecule has 6 heteroatoms. The first-order valence-corrected chi connectivity index (χ1v) is 11.8. The van der Waals surface area contributed by atoms with Gasteiger partial charge in [-0.3, -0.25) is 0 Å². The lowest BCUT2D eigenvalue weighted by Crippen LogP contribution is -1.86. The van der Waals surface area contributed by atoms with Gasteiger partial charge in [-0.25, -0.2) is 9.97 Å². The molecule has 0 atom stereocenters. The van der Waals surface area contributed by atoms with Crippen molar-refractivity contribution in [2.24, 2.45) is 0 Å². The van der Waals surface area contributed by atoms with E-state index in [-0.39, 0.29) is 0 Å². The third-order valence-corrected chi connectivity index (χ3v) is 6.25. The molecule has 0 unspecified atom stereocenters. The third kappa shape index (κ3) is 5.13. The topological polar surface area (TPSA) is 25.8 Å². The van der Waals surface area contributed by atoms with Gasteiger partial charge in [0.15, 0.2) is 0 Å². The molecule has 0 radical (unpaired) electrons. The number of fused-ring (bicyclic) bond motifs is 2. The summed E-state index contributed by atoms with van der Waals surface area (Å²) >= 11 is 19.7. The summed E-state index contributed by atoms with van der Waals surface area (Å²) in [6.45, 7) is 0. The summed E-state index contributed by atoms with van der Waals surface area (Å²) in [4.78, 5) is 10.0. The first-order valence-electron chi connectivity index (χ1n) is 9.45. The number of thioether (sulfide) groups is 1. The highest BCUT2D eigenvalue weighted by molar-refractivity contribution is 7.98. The molecule has 2 heterocycles.